The Labute approximate surface area is 187 Å². The van der Waals surface area contributed by atoms with Gasteiger partial charge in [-0.25, -0.2) is 12.8 Å². The number of aryl methyl sites for hydroxylation is 1. The molecule has 0 radical (unpaired) electrons. The molecule has 0 bridgehead atoms. The second-order valence-electron chi connectivity index (χ2n) is 7.30. The third-order valence-electron chi connectivity index (χ3n) is 4.60. The standard InChI is InChI=1S/C24H25FN2O4S/c1-18-4-2-5-22(16-18)31-15-3-14-26-24(28)17-19-6-10-21(11-7-19)27-32(29,30)23-12-8-20(25)9-13-23/h2,4-13,16,27H,3,14-15,17H2,1H3,(H,26,28). The number of ether oxygens (including phenoxy) is 1. The zero-order valence-electron chi connectivity index (χ0n) is 17.7. The smallest absolute Gasteiger partial charge is 0.261 e. The lowest BCUT2D eigenvalue weighted by Gasteiger charge is -2.10. The molecule has 0 aliphatic heterocycles. The molecule has 0 fully saturated rings. The van der Waals surface area contributed by atoms with Gasteiger partial charge in [-0.1, -0.05) is 24.3 Å². The number of carbonyl (C=O) groups is 1. The Bertz CT molecular complexity index is 1150. The van der Waals surface area contributed by atoms with Crippen molar-refractivity contribution in [2.24, 2.45) is 0 Å². The molecule has 6 nitrogen and oxygen atoms in total. The molecule has 0 aliphatic carbocycles. The zero-order chi connectivity index (χ0) is 23.0. The molecule has 168 valence electrons. The summed E-state index contributed by atoms with van der Waals surface area (Å²) in [5, 5.41) is 2.85. The number of carbonyl (C=O) groups excluding carboxylic acids is 1. The van der Waals surface area contributed by atoms with Crippen LogP contribution in [0.3, 0.4) is 0 Å². The minimum Gasteiger partial charge on any atom is -0.494 e. The van der Waals surface area contributed by atoms with Crippen LogP contribution in [-0.4, -0.2) is 27.5 Å². The van der Waals surface area contributed by atoms with Gasteiger partial charge in [0, 0.05) is 12.2 Å². The molecule has 3 rings (SSSR count). The van der Waals surface area contributed by atoms with Crippen LogP contribution in [0, 0.1) is 12.7 Å². The summed E-state index contributed by atoms with van der Waals surface area (Å²) < 4.78 is 45.8. The van der Waals surface area contributed by atoms with Gasteiger partial charge in [-0.15, -0.1) is 0 Å². The van der Waals surface area contributed by atoms with Gasteiger partial charge >= 0.3 is 0 Å². The molecule has 0 atom stereocenters. The van der Waals surface area contributed by atoms with E-state index >= 15 is 0 Å². The highest BCUT2D eigenvalue weighted by atomic mass is 32.2. The van der Waals surface area contributed by atoms with Crippen LogP contribution < -0.4 is 14.8 Å². The number of halogens is 1. The van der Waals surface area contributed by atoms with E-state index in [2.05, 4.69) is 10.0 Å². The van der Waals surface area contributed by atoms with Crippen molar-refractivity contribution >= 4 is 21.6 Å². The molecule has 0 spiro atoms. The van der Waals surface area contributed by atoms with Gasteiger partial charge in [-0.05, 0) is 73.0 Å². The summed E-state index contributed by atoms with van der Waals surface area (Å²) in [7, 11) is -3.81. The quantitative estimate of drug-likeness (QED) is 0.451. The number of hydrogen-bond acceptors (Lipinski definition) is 4. The van der Waals surface area contributed by atoms with Crippen LogP contribution in [0.2, 0.25) is 0 Å². The summed E-state index contributed by atoms with van der Waals surface area (Å²) >= 11 is 0. The molecule has 0 saturated heterocycles. The van der Waals surface area contributed by atoms with Gasteiger partial charge in [0.05, 0.1) is 17.9 Å². The molecule has 1 amide bonds. The lowest BCUT2D eigenvalue weighted by Crippen LogP contribution is -2.27. The lowest BCUT2D eigenvalue weighted by atomic mass is 10.1. The number of benzene rings is 3. The highest BCUT2D eigenvalue weighted by Crippen LogP contribution is 2.17. The first-order valence-electron chi connectivity index (χ1n) is 10.2. The third kappa shape index (κ3) is 7.09. The van der Waals surface area contributed by atoms with Crippen LogP contribution in [0.5, 0.6) is 5.75 Å². The number of nitrogens with one attached hydrogen (secondary N) is 2. The molecular formula is C24H25FN2O4S. The van der Waals surface area contributed by atoms with Gasteiger partial charge in [-0.2, -0.15) is 0 Å². The Kier molecular flexibility index (Phi) is 7.83. The van der Waals surface area contributed by atoms with Gasteiger partial charge in [0.2, 0.25) is 5.91 Å². The topological polar surface area (TPSA) is 84.5 Å². The fourth-order valence-electron chi connectivity index (χ4n) is 2.96. The summed E-state index contributed by atoms with van der Waals surface area (Å²) in [6.45, 7) is 3.01. The second kappa shape index (κ2) is 10.8. The van der Waals surface area contributed by atoms with Gasteiger partial charge in [0.25, 0.3) is 10.0 Å². The van der Waals surface area contributed by atoms with Crippen LogP contribution in [0.15, 0.2) is 77.7 Å². The molecule has 0 saturated carbocycles. The fourth-order valence-corrected chi connectivity index (χ4v) is 4.02. The maximum absolute atomic E-state index is 13.0. The highest BCUT2D eigenvalue weighted by Gasteiger charge is 2.14. The first kappa shape index (κ1) is 23.3. The average Bonchev–Trinajstić information content (AvgIpc) is 2.75. The predicted molar refractivity (Wildman–Crippen MR) is 122 cm³/mol. The highest BCUT2D eigenvalue weighted by molar-refractivity contribution is 7.92. The van der Waals surface area contributed by atoms with Crippen LogP contribution in [0.1, 0.15) is 17.5 Å². The Morgan fingerprint density at radius 3 is 2.41 bits per heavy atom. The first-order valence-corrected chi connectivity index (χ1v) is 11.6. The molecule has 0 unspecified atom stereocenters. The molecule has 3 aromatic rings. The average molecular weight is 457 g/mol. The number of sulfonamides is 1. The Morgan fingerprint density at radius 2 is 1.72 bits per heavy atom. The summed E-state index contributed by atoms with van der Waals surface area (Å²) in [6, 6.07) is 18.9. The maximum atomic E-state index is 13.0. The van der Waals surface area contributed by atoms with Crippen molar-refractivity contribution in [3.63, 3.8) is 0 Å². The van der Waals surface area contributed by atoms with Crippen molar-refractivity contribution in [2.75, 3.05) is 17.9 Å². The molecular weight excluding hydrogens is 431 g/mol. The third-order valence-corrected chi connectivity index (χ3v) is 5.99. The normalized spacial score (nSPS) is 11.1. The summed E-state index contributed by atoms with van der Waals surface area (Å²) in [4.78, 5) is 12.1. The minimum absolute atomic E-state index is 0.0336. The minimum atomic E-state index is -3.81. The second-order valence-corrected chi connectivity index (χ2v) is 8.98. The van der Waals surface area contributed by atoms with E-state index in [0.29, 0.717) is 25.3 Å². The lowest BCUT2D eigenvalue weighted by molar-refractivity contribution is -0.120. The van der Waals surface area contributed by atoms with E-state index in [0.717, 1.165) is 29.0 Å². The van der Waals surface area contributed by atoms with E-state index in [1.54, 1.807) is 24.3 Å². The molecule has 3 aromatic carbocycles. The number of hydrogen-bond donors (Lipinski definition) is 2. The van der Waals surface area contributed by atoms with Gasteiger partial charge in [0.15, 0.2) is 0 Å². The SMILES string of the molecule is Cc1cccc(OCCCNC(=O)Cc2ccc(NS(=O)(=O)c3ccc(F)cc3)cc2)c1. The van der Waals surface area contributed by atoms with E-state index in [-0.39, 0.29) is 17.2 Å². The van der Waals surface area contributed by atoms with Crippen molar-refractivity contribution in [1.82, 2.24) is 5.32 Å². The van der Waals surface area contributed by atoms with Crippen LogP contribution in [0.4, 0.5) is 10.1 Å². The summed E-state index contributed by atoms with van der Waals surface area (Å²) in [6.07, 6.45) is 0.869. The van der Waals surface area contributed by atoms with E-state index in [9.17, 15) is 17.6 Å². The van der Waals surface area contributed by atoms with Crippen molar-refractivity contribution in [3.8, 4) is 5.75 Å². The Hall–Kier alpha value is -3.39. The van der Waals surface area contributed by atoms with Gasteiger partial charge in [-0.3, -0.25) is 9.52 Å². The Balaban J connectivity index is 1.41. The molecule has 2 N–H and O–H groups in total. The summed E-state index contributed by atoms with van der Waals surface area (Å²) in [5.74, 6) is 0.178. The van der Waals surface area contributed by atoms with Crippen molar-refractivity contribution < 1.29 is 22.3 Å². The predicted octanol–water partition coefficient (Wildman–Crippen LogP) is 4.06. The molecule has 0 aromatic heterocycles. The van der Waals surface area contributed by atoms with Crippen LogP contribution in [-0.2, 0) is 21.2 Å². The maximum Gasteiger partial charge on any atom is 0.261 e. The largest absolute Gasteiger partial charge is 0.494 e. The molecule has 32 heavy (non-hydrogen) atoms. The van der Waals surface area contributed by atoms with E-state index in [1.165, 1.54) is 12.1 Å². The fraction of sp³-hybridized carbons (Fsp3) is 0.208. The number of amides is 1. The molecule has 0 aliphatic rings. The Morgan fingerprint density at radius 1 is 1.00 bits per heavy atom. The zero-order valence-corrected chi connectivity index (χ0v) is 18.5. The van der Waals surface area contributed by atoms with Crippen molar-refractivity contribution in [3.05, 3.63) is 89.7 Å². The number of anilines is 1. The monoisotopic (exact) mass is 456 g/mol. The summed E-state index contributed by atoms with van der Waals surface area (Å²) in [5.41, 5.74) is 2.24. The van der Waals surface area contributed by atoms with Crippen molar-refractivity contribution in [2.45, 2.75) is 24.7 Å². The van der Waals surface area contributed by atoms with E-state index in [4.69, 9.17) is 4.74 Å². The van der Waals surface area contributed by atoms with Gasteiger partial charge < -0.3 is 10.1 Å². The van der Waals surface area contributed by atoms with E-state index < -0.39 is 15.8 Å². The van der Waals surface area contributed by atoms with Crippen LogP contribution >= 0.6 is 0 Å². The van der Waals surface area contributed by atoms with Crippen LogP contribution in [0.25, 0.3) is 0 Å². The number of rotatable bonds is 10. The molecule has 0 heterocycles. The van der Waals surface area contributed by atoms with Gasteiger partial charge in [0.1, 0.15) is 11.6 Å². The first-order chi connectivity index (χ1) is 15.3. The van der Waals surface area contributed by atoms with E-state index in [1.807, 2.05) is 31.2 Å². The molecule has 8 heteroatoms. The van der Waals surface area contributed by atoms with Crippen molar-refractivity contribution in [1.29, 1.82) is 0 Å².